The van der Waals surface area contributed by atoms with E-state index >= 15 is 0 Å². The van der Waals surface area contributed by atoms with Crippen molar-refractivity contribution in [3.05, 3.63) is 103 Å². The molecule has 0 aliphatic carbocycles. The van der Waals surface area contributed by atoms with Crippen LogP contribution in [0.3, 0.4) is 0 Å². The molecule has 8 nitrogen and oxygen atoms in total. The summed E-state index contributed by atoms with van der Waals surface area (Å²) in [6, 6.07) is 11.1. The van der Waals surface area contributed by atoms with Crippen LogP contribution in [0, 0.1) is 10.1 Å². The van der Waals surface area contributed by atoms with Gasteiger partial charge in [0.15, 0.2) is 0 Å². The average molecular weight is 526 g/mol. The van der Waals surface area contributed by atoms with Crippen LogP contribution in [0.4, 0.5) is 18.9 Å². The fourth-order valence-electron chi connectivity index (χ4n) is 2.77. The first kappa shape index (κ1) is 25.7. The summed E-state index contributed by atoms with van der Waals surface area (Å²) in [5, 5.41) is 15.5. The van der Waals surface area contributed by atoms with Gasteiger partial charge in [-0.05, 0) is 42.5 Å². The van der Waals surface area contributed by atoms with Gasteiger partial charge in [-0.2, -0.15) is 18.3 Å². The molecule has 0 unspecified atom stereocenters. The average Bonchev–Trinajstić information content (AvgIpc) is 2.79. The molecule has 0 heterocycles. The van der Waals surface area contributed by atoms with Crippen molar-refractivity contribution < 1.29 is 32.4 Å². The Morgan fingerprint density at radius 3 is 2.43 bits per heavy atom. The summed E-state index contributed by atoms with van der Waals surface area (Å²) in [5.74, 6) is -2.57. The number of nitro groups is 1. The van der Waals surface area contributed by atoms with E-state index in [2.05, 4.69) is 10.5 Å². The topological polar surface area (TPSA) is 111 Å². The van der Waals surface area contributed by atoms with Crippen molar-refractivity contribution in [1.82, 2.24) is 5.43 Å². The number of ether oxygens (including phenoxy) is 1. The predicted octanol–water partition coefficient (Wildman–Crippen LogP) is 5.90. The van der Waals surface area contributed by atoms with Crippen molar-refractivity contribution in [1.29, 1.82) is 0 Å². The van der Waals surface area contributed by atoms with Gasteiger partial charge in [0.1, 0.15) is 0 Å². The zero-order valence-corrected chi connectivity index (χ0v) is 18.7. The number of carbonyl (C=O) groups is 2. The summed E-state index contributed by atoms with van der Waals surface area (Å²) < 4.78 is 43.9. The Morgan fingerprint density at radius 2 is 1.77 bits per heavy atom. The minimum atomic E-state index is -4.71. The zero-order chi connectivity index (χ0) is 25.8. The van der Waals surface area contributed by atoms with Crippen LogP contribution in [-0.4, -0.2) is 23.0 Å². The van der Waals surface area contributed by atoms with E-state index < -0.39 is 45.5 Å². The van der Waals surface area contributed by atoms with Gasteiger partial charge in [-0.1, -0.05) is 35.3 Å². The molecule has 0 atom stereocenters. The number of nitrogens with zero attached hydrogens (tertiary/aromatic N) is 2. The van der Waals surface area contributed by atoms with E-state index in [1.165, 1.54) is 30.3 Å². The lowest BCUT2D eigenvalue weighted by Gasteiger charge is -2.10. The molecule has 35 heavy (non-hydrogen) atoms. The fraction of sp³-hybridized carbons (Fsp3) is 0.0455. The van der Waals surface area contributed by atoms with Gasteiger partial charge in [0.05, 0.1) is 32.9 Å². The number of para-hydroxylation sites is 1. The fourth-order valence-corrected chi connectivity index (χ4v) is 3.26. The second-order valence-electron chi connectivity index (χ2n) is 6.74. The van der Waals surface area contributed by atoms with Gasteiger partial charge in [0.25, 0.3) is 5.91 Å². The molecule has 3 aromatic carbocycles. The molecule has 0 fully saturated rings. The SMILES string of the molecule is O=C(Oc1c(/C=N/NC(=O)c2ccc(Cl)cc2Cl)cccc1[N+](=O)[O-])c1cccc(C(F)(F)F)c1. The Bertz CT molecular complexity index is 1350. The Morgan fingerprint density at radius 1 is 1.06 bits per heavy atom. The van der Waals surface area contributed by atoms with Crippen LogP contribution in [0.2, 0.25) is 10.0 Å². The van der Waals surface area contributed by atoms with Gasteiger partial charge in [0, 0.05) is 16.7 Å². The maximum absolute atomic E-state index is 13.0. The Labute approximate surface area is 205 Å². The Kier molecular flexibility index (Phi) is 7.72. The van der Waals surface area contributed by atoms with Gasteiger partial charge >= 0.3 is 17.8 Å². The molecule has 0 bridgehead atoms. The van der Waals surface area contributed by atoms with Crippen LogP contribution in [0.25, 0.3) is 0 Å². The number of hydrogen-bond acceptors (Lipinski definition) is 6. The molecule has 0 saturated carbocycles. The molecule has 1 amide bonds. The number of rotatable bonds is 6. The third kappa shape index (κ3) is 6.34. The van der Waals surface area contributed by atoms with E-state index in [9.17, 15) is 32.9 Å². The number of halogens is 5. The van der Waals surface area contributed by atoms with Crippen molar-refractivity contribution >= 4 is 47.0 Å². The summed E-state index contributed by atoms with van der Waals surface area (Å²) in [5.41, 5.74) is -0.133. The standard InChI is InChI=1S/C22H12Cl2F3N3O5/c23-15-7-8-16(17(24)10-15)20(31)29-28-11-13-4-2-6-18(30(33)34)19(13)35-21(32)12-3-1-5-14(9-12)22(25,26)27/h1-11H,(H,29,31)/b28-11+. The third-order valence-electron chi connectivity index (χ3n) is 4.39. The van der Waals surface area contributed by atoms with E-state index in [-0.39, 0.29) is 16.1 Å². The second kappa shape index (κ2) is 10.5. The highest BCUT2D eigenvalue weighted by molar-refractivity contribution is 6.36. The molecule has 0 aliphatic rings. The number of nitrogens with one attached hydrogen (secondary N) is 1. The predicted molar refractivity (Wildman–Crippen MR) is 121 cm³/mol. The summed E-state index contributed by atoms with van der Waals surface area (Å²) in [6.07, 6.45) is -3.75. The van der Waals surface area contributed by atoms with E-state index in [0.29, 0.717) is 11.1 Å². The van der Waals surface area contributed by atoms with Gasteiger partial charge in [-0.3, -0.25) is 14.9 Å². The van der Waals surface area contributed by atoms with Crippen molar-refractivity contribution in [2.75, 3.05) is 0 Å². The Hall–Kier alpha value is -3.96. The number of benzene rings is 3. The lowest BCUT2D eigenvalue weighted by molar-refractivity contribution is -0.385. The van der Waals surface area contributed by atoms with Crippen LogP contribution in [0.5, 0.6) is 5.75 Å². The van der Waals surface area contributed by atoms with Crippen molar-refractivity contribution in [2.45, 2.75) is 6.18 Å². The van der Waals surface area contributed by atoms with Gasteiger partial charge in [-0.25, -0.2) is 10.2 Å². The van der Waals surface area contributed by atoms with Crippen LogP contribution in [-0.2, 0) is 6.18 Å². The first-order valence-electron chi connectivity index (χ1n) is 9.42. The van der Waals surface area contributed by atoms with Crippen molar-refractivity contribution in [2.24, 2.45) is 5.10 Å². The first-order chi connectivity index (χ1) is 16.5. The van der Waals surface area contributed by atoms with E-state index in [4.69, 9.17) is 27.9 Å². The highest BCUT2D eigenvalue weighted by atomic mass is 35.5. The molecule has 0 saturated heterocycles. The monoisotopic (exact) mass is 525 g/mol. The molecule has 13 heteroatoms. The number of esters is 1. The molecule has 3 rings (SSSR count). The highest BCUT2D eigenvalue weighted by Gasteiger charge is 2.31. The van der Waals surface area contributed by atoms with Crippen molar-refractivity contribution in [3.63, 3.8) is 0 Å². The van der Waals surface area contributed by atoms with Crippen molar-refractivity contribution in [3.8, 4) is 5.75 Å². The molecular weight excluding hydrogens is 514 g/mol. The lowest BCUT2D eigenvalue weighted by Crippen LogP contribution is -2.18. The zero-order valence-electron chi connectivity index (χ0n) is 17.2. The van der Waals surface area contributed by atoms with Crippen LogP contribution in [0.1, 0.15) is 31.8 Å². The smallest absolute Gasteiger partial charge is 0.415 e. The van der Waals surface area contributed by atoms with Gasteiger partial charge in [-0.15, -0.1) is 0 Å². The lowest BCUT2D eigenvalue weighted by atomic mass is 10.1. The Balaban J connectivity index is 1.88. The van der Waals surface area contributed by atoms with Gasteiger partial charge in [0.2, 0.25) is 5.75 Å². The third-order valence-corrected chi connectivity index (χ3v) is 4.94. The number of nitro benzene ring substituents is 1. The first-order valence-corrected chi connectivity index (χ1v) is 10.2. The quantitative estimate of drug-likeness (QED) is 0.141. The van der Waals surface area contributed by atoms with E-state index in [1.54, 1.807) is 0 Å². The number of amides is 1. The van der Waals surface area contributed by atoms with Crippen LogP contribution < -0.4 is 10.2 Å². The molecular formula is C22H12Cl2F3N3O5. The molecule has 0 spiro atoms. The second-order valence-corrected chi connectivity index (χ2v) is 7.59. The van der Waals surface area contributed by atoms with E-state index in [1.807, 2.05) is 0 Å². The van der Waals surface area contributed by atoms with E-state index in [0.717, 1.165) is 30.5 Å². The molecule has 0 aromatic heterocycles. The summed E-state index contributed by atoms with van der Waals surface area (Å²) in [7, 11) is 0. The molecule has 3 aromatic rings. The maximum atomic E-state index is 13.0. The number of hydrazone groups is 1. The minimum absolute atomic E-state index is 0.0449. The molecule has 1 N–H and O–H groups in total. The maximum Gasteiger partial charge on any atom is 0.416 e. The van der Waals surface area contributed by atoms with Crippen LogP contribution in [0.15, 0.2) is 65.8 Å². The van der Waals surface area contributed by atoms with Gasteiger partial charge < -0.3 is 4.74 Å². The number of hydrogen-bond donors (Lipinski definition) is 1. The van der Waals surface area contributed by atoms with Crippen LogP contribution >= 0.6 is 23.2 Å². The summed E-state index contributed by atoms with van der Waals surface area (Å²) in [4.78, 5) is 35.4. The summed E-state index contributed by atoms with van der Waals surface area (Å²) >= 11 is 11.7. The molecule has 180 valence electrons. The largest absolute Gasteiger partial charge is 0.416 e. The highest BCUT2D eigenvalue weighted by Crippen LogP contribution is 2.32. The summed E-state index contributed by atoms with van der Waals surface area (Å²) in [6.45, 7) is 0. The number of alkyl halides is 3. The minimum Gasteiger partial charge on any atom is -0.415 e. The normalized spacial score (nSPS) is 11.3. The molecule has 0 radical (unpaired) electrons. The number of carbonyl (C=O) groups excluding carboxylic acids is 2. The molecule has 0 aliphatic heterocycles.